The summed E-state index contributed by atoms with van der Waals surface area (Å²) in [4.78, 5) is 2.71. The minimum atomic E-state index is 1.00. The Kier molecular flexibility index (Phi) is 39.1. The Labute approximate surface area is 430 Å². The zero-order valence-electron chi connectivity index (χ0n) is 46.0. The van der Waals surface area contributed by atoms with Gasteiger partial charge in [-0.2, -0.15) is 0 Å². The van der Waals surface area contributed by atoms with E-state index in [1.807, 2.05) is 0 Å². The molecule has 0 amide bonds. The van der Waals surface area contributed by atoms with Gasteiger partial charge in [-0.25, -0.2) is 4.57 Å². The number of hydrogen-bond donors (Lipinski definition) is 0. The molecule has 0 saturated carbocycles. The highest BCUT2D eigenvalue weighted by Gasteiger charge is 2.07. The van der Waals surface area contributed by atoms with Gasteiger partial charge in [-0.15, -0.1) is 0 Å². The first-order valence-corrected chi connectivity index (χ1v) is 30.5. The van der Waals surface area contributed by atoms with E-state index < -0.39 is 0 Å². The Bertz CT molecular complexity index is 1540. The summed E-state index contributed by atoms with van der Waals surface area (Å²) in [6.07, 6.45) is 70.7. The molecule has 2 heteroatoms. The van der Waals surface area contributed by atoms with Crippen LogP contribution in [0.5, 0.6) is 0 Å². The monoisotopic (exact) mass is 944 g/mol. The third kappa shape index (κ3) is 34.0. The van der Waals surface area contributed by atoms with E-state index >= 15 is 0 Å². The van der Waals surface area contributed by atoms with Gasteiger partial charge in [-0.3, -0.25) is 0 Å². The lowest BCUT2D eigenvalue weighted by Crippen LogP contribution is -2.30. The van der Waals surface area contributed by atoms with Crippen LogP contribution in [0.4, 0.5) is 5.69 Å². The van der Waals surface area contributed by atoms with Crippen LogP contribution in [0.15, 0.2) is 73.1 Å². The van der Waals surface area contributed by atoms with Crippen molar-refractivity contribution in [3.05, 3.63) is 95.3 Å². The number of hydrogen-bond acceptors (Lipinski definition) is 1. The van der Waals surface area contributed by atoms with Crippen molar-refractivity contribution >= 4 is 30.0 Å². The van der Waals surface area contributed by atoms with Crippen LogP contribution in [0, 0.1) is 0 Å². The molecule has 3 aromatic rings. The number of anilines is 1. The largest absolute Gasteiger partial charge is 0.372 e. The van der Waals surface area contributed by atoms with Crippen LogP contribution in [0.3, 0.4) is 0 Å². The van der Waals surface area contributed by atoms with Gasteiger partial charge in [0.05, 0.1) is 0 Å². The van der Waals surface area contributed by atoms with Gasteiger partial charge >= 0.3 is 0 Å². The predicted octanol–water partition coefficient (Wildman–Crippen LogP) is 21.8. The molecular formula is C67H111N2+. The van der Waals surface area contributed by atoms with Crippen molar-refractivity contribution in [1.29, 1.82) is 0 Å². The molecule has 0 fully saturated rings. The van der Waals surface area contributed by atoms with E-state index in [9.17, 15) is 0 Å². The summed E-state index contributed by atoms with van der Waals surface area (Å²) in [5.74, 6) is 0. The molecule has 0 aliphatic carbocycles. The molecule has 0 N–H and O–H groups in total. The second kappa shape index (κ2) is 44.8. The summed E-state index contributed by atoms with van der Waals surface area (Å²) in [6.45, 7) is 10.2. The molecule has 1 aromatic heterocycles. The summed E-state index contributed by atoms with van der Waals surface area (Å²) in [6, 6.07) is 22.6. The highest BCUT2D eigenvalue weighted by atomic mass is 15.1. The second-order valence-corrected chi connectivity index (χ2v) is 21.3. The highest BCUT2D eigenvalue weighted by molar-refractivity contribution is 5.73. The van der Waals surface area contributed by atoms with Gasteiger partial charge in [0.15, 0.2) is 12.4 Å². The molecule has 388 valence electrons. The van der Waals surface area contributed by atoms with Crippen LogP contribution in [0.1, 0.15) is 300 Å². The summed E-state index contributed by atoms with van der Waals surface area (Å²) >= 11 is 0. The molecule has 2 aromatic carbocycles. The van der Waals surface area contributed by atoms with Crippen molar-refractivity contribution < 1.29 is 4.57 Å². The van der Waals surface area contributed by atoms with Gasteiger partial charge in [0.1, 0.15) is 6.54 Å². The van der Waals surface area contributed by atoms with Crippen LogP contribution in [-0.4, -0.2) is 13.1 Å². The molecule has 0 aliphatic rings. The number of benzene rings is 2. The molecule has 1 heterocycles. The fourth-order valence-corrected chi connectivity index (χ4v) is 10.2. The zero-order chi connectivity index (χ0) is 48.8. The average molecular weight is 945 g/mol. The quantitative estimate of drug-likeness (QED) is 0.0311. The van der Waals surface area contributed by atoms with Gasteiger partial charge in [-0.1, -0.05) is 319 Å². The number of unbranched alkanes of at least 4 members (excludes halogenated alkanes) is 38. The van der Waals surface area contributed by atoms with Gasteiger partial charge < -0.3 is 4.90 Å². The number of pyridine rings is 1. The molecule has 0 spiro atoms. The number of nitrogens with zero attached hydrogens (tertiary/aromatic N) is 2. The maximum atomic E-state index is 2.71. The summed E-state index contributed by atoms with van der Waals surface area (Å²) < 4.78 is 2.19. The molecule has 2 nitrogen and oxygen atoms in total. The van der Waals surface area contributed by atoms with E-state index in [2.05, 4.69) is 128 Å². The van der Waals surface area contributed by atoms with Crippen molar-refractivity contribution in [2.24, 2.45) is 0 Å². The van der Waals surface area contributed by atoms with Gasteiger partial charge in [0.2, 0.25) is 0 Å². The zero-order valence-corrected chi connectivity index (χ0v) is 46.0. The molecule has 0 aliphatic heterocycles. The van der Waals surface area contributed by atoms with Gasteiger partial charge in [-0.05, 0) is 54.2 Å². The normalized spacial score (nSPS) is 11.8. The third-order valence-corrected chi connectivity index (χ3v) is 15.0. The summed E-state index contributed by atoms with van der Waals surface area (Å²) in [7, 11) is 0. The van der Waals surface area contributed by atoms with E-state index in [-0.39, 0.29) is 0 Å². The minimum Gasteiger partial charge on any atom is -0.372 e. The fourth-order valence-electron chi connectivity index (χ4n) is 10.2. The van der Waals surface area contributed by atoms with E-state index in [4.69, 9.17) is 0 Å². The predicted molar refractivity (Wildman–Crippen MR) is 311 cm³/mol. The molecule has 0 unspecified atom stereocenters. The van der Waals surface area contributed by atoms with Crippen LogP contribution in [0.2, 0.25) is 0 Å². The Morgan fingerprint density at radius 2 is 0.493 bits per heavy atom. The van der Waals surface area contributed by atoms with Gasteiger partial charge in [0.25, 0.3) is 0 Å². The highest BCUT2D eigenvalue weighted by Crippen LogP contribution is 2.22. The lowest BCUT2D eigenvalue weighted by Gasteiger charge is -2.25. The Morgan fingerprint density at radius 3 is 0.739 bits per heavy atom. The molecule has 0 radical (unpaired) electrons. The SMILES string of the molecule is CCCCCCCCCCCCCCCCCCCCCCN(CCCCCCCCCCCCCCCCCCCCCC)c1ccc(/C=C/c2ccc(/C=C/c3cc[n+](CC)cc3)cc2)cc1. The van der Waals surface area contributed by atoms with Crippen molar-refractivity contribution in [2.45, 2.75) is 284 Å². The van der Waals surface area contributed by atoms with Crippen LogP contribution in [0.25, 0.3) is 24.3 Å². The summed E-state index contributed by atoms with van der Waals surface area (Å²) in [5, 5.41) is 0. The fraction of sp³-hybridized carbons (Fsp3) is 0.687. The smallest absolute Gasteiger partial charge is 0.169 e. The van der Waals surface area contributed by atoms with Crippen molar-refractivity contribution in [3.63, 3.8) is 0 Å². The van der Waals surface area contributed by atoms with Gasteiger partial charge in [0, 0.05) is 30.9 Å². The number of aryl methyl sites for hydroxylation is 1. The molecule has 0 saturated heterocycles. The van der Waals surface area contributed by atoms with Crippen molar-refractivity contribution in [3.8, 4) is 0 Å². The summed E-state index contributed by atoms with van der Waals surface area (Å²) in [5.41, 5.74) is 6.37. The van der Waals surface area contributed by atoms with Crippen molar-refractivity contribution in [1.82, 2.24) is 0 Å². The maximum Gasteiger partial charge on any atom is 0.169 e. The minimum absolute atomic E-state index is 1.00. The second-order valence-electron chi connectivity index (χ2n) is 21.3. The van der Waals surface area contributed by atoms with E-state index in [1.165, 1.54) is 298 Å². The molecule has 69 heavy (non-hydrogen) atoms. The lowest BCUT2D eigenvalue weighted by atomic mass is 10.0. The molecule has 0 bridgehead atoms. The van der Waals surface area contributed by atoms with Crippen LogP contribution in [-0.2, 0) is 6.54 Å². The van der Waals surface area contributed by atoms with E-state index in [0.717, 1.165) is 6.54 Å². The Morgan fingerprint density at radius 1 is 0.275 bits per heavy atom. The van der Waals surface area contributed by atoms with Crippen LogP contribution >= 0.6 is 0 Å². The first-order valence-electron chi connectivity index (χ1n) is 30.5. The Hall–Kier alpha value is -3.13. The topological polar surface area (TPSA) is 7.12 Å². The van der Waals surface area contributed by atoms with Crippen molar-refractivity contribution in [2.75, 3.05) is 18.0 Å². The molecular weight excluding hydrogens is 833 g/mol. The lowest BCUT2D eigenvalue weighted by molar-refractivity contribution is -0.693. The van der Waals surface area contributed by atoms with Crippen LogP contribution < -0.4 is 9.47 Å². The molecule has 3 rings (SSSR count). The molecule has 0 atom stereocenters. The number of rotatable bonds is 48. The number of aromatic nitrogens is 1. The standard InChI is InChI=1S/C67H111N2/c1-4-7-9-11-13-15-17-19-21-23-25-27-29-31-33-35-37-39-41-43-59-69(60-44-42-40-38-36-34-32-30-28-26-24-22-20-18-16-14-12-10-8-5-2)67-55-53-65(54-56-67)50-49-63-45-47-64(48-46-63)51-52-66-57-61-68(6-3)62-58-66/h45-58,61-62H,4-44,59-60H2,1-3H3/q+1. The average Bonchev–Trinajstić information content (AvgIpc) is 3.38. The first kappa shape index (κ1) is 60.2. The maximum absolute atomic E-state index is 2.71. The van der Waals surface area contributed by atoms with E-state index in [1.54, 1.807) is 0 Å². The first-order chi connectivity index (χ1) is 34.2. The Balaban J connectivity index is 1.30. The van der Waals surface area contributed by atoms with E-state index in [0.29, 0.717) is 0 Å². The third-order valence-electron chi connectivity index (χ3n) is 15.0.